The molecule has 1 aliphatic rings. The molecule has 0 bridgehead atoms. The minimum atomic E-state index is -4.17. The van der Waals surface area contributed by atoms with Crippen LogP contribution < -0.4 is 5.43 Å². The van der Waals surface area contributed by atoms with Crippen LogP contribution in [0.4, 0.5) is 13.2 Å². The van der Waals surface area contributed by atoms with Gasteiger partial charge in [0.05, 0.1) is 0 Å². The van der Waals surface area contributed by atoms with E-state index >= 15 is 0 Å². The highest BCUT2D eigenvalue weighted by Gasteiger charge is 2.42. The van der Waals surface area contributed by atoms with Gasteiger partial charge in [-0.05, 0) is 6.08 Å². The lowest BCUT2D eigenvalue weighted by Crippen LogP contribution is -2.43. The summed E-state index contributed by atoms with van der Waals surface area (Å²) in [5, 5.41) is 1.00. The molecule has 0 aromatic rings. The third kappa shape index (κ3) is 1.23. The van der Waals surface area contributed by atoms with Crippen LogP contribution in [0.25, 0.3) is 0 Å². The Hall–Kier alpha value is -0.710. The van der Waals surface area contributed by atoms with Crippen molar-refractivity contribution in [1.29, 1.82) is 0 Å². The van der Waals surface area contributed by atoms with E-state index in [1.54, 1.807) is 0 Å². The fraction of sp³-hybridized carbons (Fsp3) is 0.600. The molecule has 1 heterocycles. The van der Waals surface area contributed by atoms with Gasteiger partial charge < -0.3 is 5.43 Å². The van der Waals surface area contributed by atoms with E-state index in [2.05, 4.69) is 5.43 Å². The molecule has 0 spiro atoms. The molecule has 0 saturated heterocycles. The highest BCUT2D eigenvalue weighted by molar-refractivity contribution is 5.01. The van der Waals surface area contributed by atoms with Crippen LogP contribution in [0.15, 0.2) is 12.3 Å². The average Bonchev–Trinajstić information content (AvgIpc) is 2.11. The Morgan fingerprint density at radius 3 is 2.30 bits per heavy atom. The third-order valence-corrected chi connectivity index (χ3v) is 1.31. The summed E-state index contributed by atoms with van der Waals surface area (Å²) in [4.78, 5) is 0. The zero-order valence-corrected chi connectivity index (χ0v) is 5.31. The normalized spacial score (nSPS) is 27.0. The lowest BCUT2D eigenvalue weighted by molar-refractivity contribution is -0.167. The van der Waals surface area contributed by atoms with Gasteiger partial charge in [-0.3, -0.25) is 0 Å². The van der Waals surface area contributed by atoms with Gasteiger partial charge in [0.15, 0.2) is 0 Å². The number of hydrazine groups is 1. The van der Waals surface area contributed by atoms with Crippen LogP contribution >= 0.6 is 0 Å². The molecule has 1 aliphatic heterocycles. The number of nitrogens with one attached hydrogen (secondary N) is 1. The standard InChI is InChI=1S/C5H7F3N2/c1-10-4(2-3-9-10)5(6,7)8/h2-4,9H,1H3. The number of hydrogen-bond acceptors (Lipinski definition) is 2. The predicted octanol–water partition coefficient (Wildman–Crippen LogP) is 0.881. The molecule has 1 unspecified atom stereocenters. The number of nitrogens with zero attached hydrogens (tertiary/aromatic N) is 1. The van der Waals surface area contributed by atoms with Gasteiger partial charge in [0.25, 0.3) is 0 Å². The number of halogens is 3. The molecule has 1 atom stereocenters. The second-order valence-electron chi connectivity index (χ2n) is 2.09. The maximum Gasteiger partial charge on any atom is 0.409 e. The molecule has 0 aromatic carbocycles. The Morgan fingerprint density at radius 1 is 1.50 bits per heavy atom. The van der Waals surface area contributed by atoms with Gasteiger partial charge >= 0.3 is 6.18 Å². The molecule has 5 heteroatoms. The zero-order valence-electron chi connectivity index (χ0n) is 5.31. The van der Waals surface area contributed by atoms with Crippen LogP contribution in [-0.2, 0) is 0 Å². The molecule has 0 aliphatic carbocycles. The number of alkyl halides is 3. The highest BCUT2D eigenvalue weighted by atomic mass is 19.4. The summed E-state index contributed by atoms with van der Waals surface area (Å²) in [5.74, 6) is 0. The summed E-state index contributed by atoms with van der Waals surface area (Å²) >= 11 is 0. The Kier molecular flexibility index (Phi) is 1.60. The molecule has 1 rings (SSSR count). The van der Waals surface area contributed by atoms with Crippen LogP contribution in [-0.4, -0.2) is 24.3 Å². The molecular formula is C5H7F3N2. The molecule has 58 valence electrons. The van der Waals surface area contributed by atoms with E-state index in [1.807, 2.05) is 0 Å². The van der Waals surface area contributed by atoms with E-state index < -0.39 is 12.2 Å². The summed E-state index contributed by atoms with van der Waals surface area (Å²) in [7, 11) is 1.35. The summed E-state index contributed by atoms with van der Waals surface area (Å²) in [6, 6.07) is -1.48. The fourth-order valence-corrected chi connectivity index (χ4v) is 0.790. The second-order valence-corrected chi connectivity index (χ2v) is 2.09. The van der Waals surface area contributed by atoms with E-state index in [0.717, 1.165) is 11.1 Å². The highest BCUT2D eigenvalue weighted by Crippen LogP contribution is 2.25. The molecule has 0 amide bonds. The Balaban J connectivity index is 2.64. The molecule has 0 aromatic heterocycles. The Morgan fingerprint density at radius 2 is 2.10 bits per heavy atom. The van der Waals surface area contributed by atoms with Crippen molar-refractivity contribution in [3.05, 3.63) is 12.3 Å². The summed E-state index contributed by atoms with van der Waals surface area (Å²) < 4.78 is 35.6. The number of likely N-dealkylation sites (N-methyl/N-ethyl adjacent to an activating group) is 1. The average molecular weight is 152 g/mol. The molecule has 1 N–H and O–H groups in total. The molecule has 0 radical (unpaired) electrons. The maximum atomic E-state index is 11.9. The molecule has 0 fully saturated rings. The van der Waals surface area contributed by atoms with Gasteiger partial charge in [-0.1, -0.05) is 0 Å². The van der Waals surface area contributed by atoms with Gasteiger partial charge in [0.1, 0.15) is 6.04 Å². The lowest BCUT2D eigenvalue weighted by atomic mass is 10.3. The van der Waals surface area contributed by atoms with Gasteiger partial charge in [-0.25, -0.2) is 5.01 Å². The van der Waals surface area contributed by atoms with E-state index in [-0.39, 0.29) is 0 Å². The van der Waals surface area contributed by atoms with Crippen molar-refractivity contribution in [1.82, 2.24) is 10.4 Å². The first kappa shape index (κ1) is 7.40. The first-order valence-electron chi connectivity index (χ1n) is 2.74. The van der Waals surface area contributed by atoms with E-state index in [9.17, 15) is 13.2 Å². The molecule has 0 saturated carbocycles. The van der Waals surface area contributed by atoms with Crippen molar-refractivity contribution >= 4 is 0 Å². The number of hydrogen-bond donors (Lipinski definition) is 1. The van der Waals surface area contributed by atoms with Crippen LogP contribution in [0, 0.1) is 0 Å². The maximum absolute atomic E-state index is 11.9. The summed E-state index contributed by atoms with van der Waals surface area (Å²) in [6.45, 7) is 0. The molecule has 2 nitrogen and oxygen atoms in total. The smallest absolute Gasteiger partial charge is 0.326 e. The SMILES string of the molecule is CN1NC=CC1C(F)(F)F. The first-order chi connectivity index (χ1) is 4.52. The van der Waals surface area contributed by atoms with Crippen molar-refractivity contribution in [3.8, 4) is 0 Å². The Bertz CT molecular complexity index is 151. The van der Waals surface area contributed by atoms with Crippen LogP contribution in [0.2, 0.25) is 0 Å². The minimum absolute atomic E-state index is 1.00. The van der Waals surface area contributed by atoms with Crippen LogP contribution in [0.3, 0.4) is 0 Å². The summed E-state index contributed by atoms with van der Waals surface area (Å²) in [5.41, 5.74) is 2.41. The van der Waals surface area contributed by atoms with Gasteiger partial charge in [0.2, 0.25) is 0 Å². The van der Waals surface area contributed by atoms with Crippen LogP contribution in [0.1, 0.15) is 0 Å². The van der Waals surface area contributed by atoms with Crippen molar-refractivity contribution < 1.29 is 13.2 Å². The van der Waals surface area contributed by atoms with Crippen molar-refractivity contribution in [3.63, 3.8) is 0 Å². The topological polar surface area (TPSA) is 15.3 Å². The first-order valence-corrected chi connectivity index (χ1v) is 2.74. The number of rotatable bonds is 0. The molecular weight excluding hydrogens is 145 g/mol. The summed E-state index contributed by atoms with van der Waals surface area (Å²) in [6.07, 6.45) is -1.83. The van der Waals surface area contributed by atoms with Crippen LogP contribution in [0.5, 0.6) is 0 Å². The Labute approximate surface area is 56.3 Å². The van der Waals surface area contributed by atoms with Crippen molar-refractivity contribution in [2.75, 3.05) is 7.05 Å². The van der Waals surface area contributed by atoms with E-state index in [1.165, 1.54) is 13.2 Å². The fourth-order valence-electron chi connectivity index (χ4n) is 0.790. The molecule has 10 heavy (non-hydrogen) atoms. The van der Waals surface area contributed by atoms with E-state index in [0.29, 0.717) is 0 Å². The second kappa shape index (κ2) is 2.16. The van der Waals surface area contributed by atoms with E-state index in [4.69, 9.17) is 0 Å². The van der Waals surface area contributed by atoms with Gasteiger partial charge in [0, 0.05) is 13.2 Å². The van der Waals surface area contributed by atoms with Crippen molar-refractivity contribution in [2.24, 2.45) is 0 Å². The largest absolute Gasteiger partial charge is 0.409 e. The monoisotopic (exact) mass is 152 g/mol. The third-order valence-electron chi connectivity index (χ3n) is 1.31. The van der Waals surface area contributed by atoms with Gasteiger partial charge in [-0.2, -0.15) is 13.2 Å². The lowest BCUT2D eigenvalue weighted by Gasteiger charge is -2.21. The quantitative estimate of drug-likeness (QED) is 0.554. The minimum Gasteiger partial charge on any atom is -0.326 e. The zero-order chi connectivity index (χ0) is 7.78. The predicted molar refractivity (Wildman–Crippen MR) is 29.9 cm³/mol. The van der Waals surface area contributed by atoms with Gasteiger partial charge in [-0.15, -0.1) is 0 Å². The van der Waals surface area contributed by atoms with Crippen molar-refractivity contribution in [2.45, 2.75) is 12.2 Å².